The fraction of sp³-hybridized carbons (Fsp3) is 0.286. The van der Waals surface area contributed by atoms with Crippen molar-refractivity contribution in [2.75, 3.05) is 13.2 Å². The molecular weight excluding hydrogens is 614 g/mol. The number of rotatable bonds is 11. The van der Waals surface area contributed by atoms with Crippen LogP contribution in [0.25, 0.3) is 33.7 Å². The number of hydrogen-bond acceptors (Lipinski definition) is 8. The highest BCUT2D eigenvalue weighted by Crippen LogP contribution is 2.41. The van der Waals surface area contributed by atoms with Crippen LogP contribution in [0.4, 0.5) is 0 Å². The molecule has 13 heteroatoms. The van der Waals surface area contributed by atoms with Crippen molar-refractivity contribution in [3.05, 3.63) is 69.2 Å². The Bertz CT molecular complexity index is 1700. The number of amides is 1. The van der Waals surface area contributed by atoms with Gasteiger partial charge in [-0.3, -0.25) is 9.59 Å². The van der Waals surface area contributed by atoms with Crippen molar-refractivity contribution in [1.29, 1.82) is 0 Å². The van der Waals surface area contributed by atoms with Gasteiger partial charge in [-0.2, -0.15) is 5.21 Å². The van der Waals surface area contributed by atoms with E-state index in [9.17, 15) is 9.59 Å². The van der Waals surface area contributed by atoms with Crippen LogP contribution < -0.4 is 5.32 Å². The first-order chi connectivity index (χ1) is 19.9. The molecule has 0 saturated heterocycles. The third-order valence-electron chi connectivity index (χ3n) is 6.40. The highest BCUT2D eigenvalue weighted by atomic mass is 79.9. The third kappa shape index (κ3) is 6.03. The largest absolute Gasteiger partial charge is 0.466 e. The molecule has 0 unspecified atom stereocenters. The molecule has 0 aliphatic heterocycles. The average Bonchev–Trinajstić information content (AvgIpc) is 3.68. The van der Waals surface area contributed by atoms with Crippen molar-refractivity contribution >= 4 is 50.4 Å². The molecule has 3 aromatic heterocycles. The monoisotopic (exact) mass is 639 g/mol. The minimum Gasteiger partial charge on any atom is -0.466 e. The second-order valence-electron chi connectivity index (χ2n) is 9.17. The van der Waals surface area contributed by atoms with Gasteiger partial charge < -0.3 is 19.0 Å². The summed E-state index contributed by atoms with van der Waals surface area (Å²) >= 11 is 10.2. The van der Waals surface area contributed by atoms with Gasteiger partial charge in [0.15, 0.2) is 5.15 Å². The maximum atomic E-state index is 13.1. The summed E-state index contributed by atoms with van der Waals surface area (Å²) in [7, 11) is 0. The summed E-state index contributed by atoms with van der Waals surface area (Å²) in [6, 6.07) is 13.5. The van der Waals surface area contributed by atoms with Crippen molar-refractivity contribution in [3.63, 3.8) is 0 Å². The smallest absolute Gasteiger partial charge is 0.307 e. The number of benzene rings is 2. The Kier molecular flexibility index (Phi) is 8.79. The summed E-state index contributed by atoms with van der Waals surface area (Å²) in [5, 5.41) is 18.2. The summed E-state index contributed by atoms with van der Waals surface area (Å²) in [5.41, 5.74) is 3.45. The number of fused-ring (bicyclic) bond motifs is 1. The Labute approximate surface area is 248 Å². The van der Waals surface area contributed by atoms with Gasteiger partial charge in [-0.1, -0.05) is 48.9 Å². The standard InChI is InChI=1S/C28H27BrClN7O4/c1-3-7-21-32-26(30)24(28(39)31-13-12-22(38)40-4-2)37(21)15-16-10-11-20-19(14-16)23(29)25(41-20)17-8-5-6-9-18(17)27-33-35-36-34-27/h5-6,8-11,14H,3-4,7,12-13,15H2,1-2H3,(H,31,39)(H,33,34,35,36). The van der Waals surface area contributed by atoms with Crippen LogP contribution in [0.15, 0.2) is 51.4 Å². The van der Waals surface area contributed by atoms with Crippen molar-refractivity contribution in [2.24, 2.45) is 0 Å². The van der Waals surface area contributed by atoms with Gasteiger partial charge in [0, 0.05) is 36.0 Å². The molecule has 11 nitrogen and oxygen atoms in total. The highest BCUT2D eigenvalue weighted by molar-refractivity contribution is 9.10. The summed E-state index contributed by atoms with van der Waals surface area (Å²) in [6.07, 6.45) is 1.54. The molecule has 212 valence electrons. The van der Waals surface area contributed by atoms with E-state index in [-0.39, 0.29) is 36.4 Å². The van der Waals surface area contributed by atoms with Gasteiger partial charge in [0.25, 0.3) is 5.91 Å². The molecule has 0 radical (unpaired) electrons. The van der Waals surface area contributed by atoms with Crippen LogP contribution in [-0.4, -0.2) is 55.2 Å². The molecule has 2 aromatic carbocycles. The fourth-order valence-electron chi connectivity index (χ4n) is 4.58. The van der Waals surface area contributed by atoms with E-state index in [4.69, 9.17) is 20.8 Å². The third-order valence-corrected chi connectivity index (χ3v) is 7.45. The van der Waals surface area contributed by atoms with Crippen molar-refractivity contribution in [1.82, 2.24) is 35.5 Å². The van der Waals surface area contributed by atoms with E-state index in [2.05, 4.69) is 46.9 Å². The van der Waals surface area contributed by atoms with Crippen LogP contribution >= 0.6 is 27.5 Å². The number of nitrogens with one attached hydrogen (secondary N) is 2. The number of ether oxygens (including phenoxy) is 1. The number of nitrogens with zero attached hydrogens (tertiary/aromatic N) is 5. The van der Waals surface area contributed by atoms with Gasteiger partial charge in [0.05, 0.1) is 17.5 Å². The summed E-state index contributed by atoms with van der Waals surface area (Å²) < 4.78 is 13.8. The van der Waals surface area contributed by atoms with Crippen molar-refractivity contribution < 1.29 is 18.7 Å². The Balaban J connectivity index is 1.46. The van der Waals surface area contributed by atoms with Crippen LogP contribution in [0.1, 0.15) is 48.6 Å². The summed E-state index contributed by atoms with van der Waals surface area (Å²) in [5.74, 6) is 1.02. The van der Waals surface area contributed by atoms with Gasteiger partial charge in [-0.15, -0.1) is 10.2 Å². The molecular formula is C28H27BrClN7O4. The zero-order valence-corrected chi connectivity index (χ0v) is 24.8. The molecule has 0 atom stereocenters. The van der Waals surface area contributed by atoms with E-state index in [1.165, 1.54) is 0 Å². The van der Waals surface area contributed by atoms with Gasteiger partial charge in [-0.05, 0) is 52.2 Å². The van der Waals surface area contributed by atoms with Gasteiger partial charge in [0.1, 0.15) is 22.9 Å². The lowest BCUT2D eigenvalue weighted by Crippen LogP contribution is -2.29. The fourth-order valence-corrected chi connectivity index (χ4v) is 5.47. The number of esters is 1. The topological polar surface area (TPSA) is 141 Å². The number of tetrazole rings is 1. The Morgan fingerprint density at radius 1 is 1.17 bits per heavy atom. The number of carbonyl (C=O) groups is 2. The van der Waals surface area contributed by atoms with Crippen LogP contribution in [0.2, 0.25) is 5.15 Å². The number of H-pyrrole nitrogens is 1. The van der Waals surface area contributed by atoms with Gasteiger partial charge in [-0.25, -0.2) is 4.98 Å². The molecule has 3 heterocycles. The minimum absolute atomic E-state index is 0.0660. The van der Waals surface area contributed by atoms with E-state index in [1.54, 1.807) is 6.92 Å². The van der Waals surface area contributed by atoms with E-state index in [0.29, 0.717) is 36.0 Å². The molecule has 1 amide bonds. The lowest BCUT2D eigenvalue weighted by Gasteiger charge is -2.12. The second-order valence-corrected chi connectivity index (χ2v) is 10.3. The Morgan fingerprint density at radius 3 is 2.71 bits per heavy atom. The zero-order chi connectivity index (χ0) is 28.9. The molecule has 5 aromatic rings. The zero-order valence-electron chi connectivity index (χ0n) is 22.4. The van der Waals surface area contributed by atoms with Gasteiger partial charge in [0.2, 0.25) is 5.82 Å². The number of aryl methyl sites for hydroxylation is 1. The second kappa shape index (κ2) is 12.6. The number of hydrogen-bond donors (Lipinski definition) is 2. The Morgan fingerprint density at radius 2 is 1.98 bits per heavy atom. The summed E-state index contributed by atoms with van der Waals surface area (Å²) in [6.45, 7) is 4.55. The van der Waals surface area contributed by atoms with Crippen LogP contribution in [0, 0.1) is 0 Å². The SMILES string of the molecule is CCCc1nc(Cl)c(C(=O)NCCC(=O)OCC)n1Cc1ccc2oc(-c3ccccc3-c3nn[nH]n3)c(Br)c2c1. The first kappa shape index (κ1) is 28.5. The predicted molar refractivity (Wildman–Crippen MR) is 156 cm³/mol. The molecule has 5 rings (SSSR count). The number of aromatic amines is 1. The Hall–Kier alpha value is -4.03. The van der Waals surface area contributed by atoms with Crippen LogP contribution in [-0.2, 0) is 22.5 Å². The maximum Gasteiger partial charge on any atom is 0.307 e. The lowest BCUT2D eigenvalue weighted by molar-refractivity contribution is -0.142. The first-order valence-electron chi connectivity index (χ1n) is 13.1. The normalized spacial score (nSPS) is 11.2. The quantitative estimate of drug-likeness (QED) is 0.178. The van der Waals surface area contributed by atoms with Crippen molar-refractivity contribution in [3.8, 4) is 22.7 Å². The predicted octanol–water partition coefficient (Wildman–Crippen LogP) is 5.58. The van der Waals surface area contributed by atoms with Crippen molar-refractivity contribution in [2.45, 2.75) is 39.7 Å². The lowest BCUT2D eigenvalue weighted by atomic mass is 10.0. The number of imidazole rings is 1. The molecule has 0 aliphatic carbocycles. The number of aromatic nitrogens is 6. The number of carbonyl (C=O) groups excluding carboxylic acids is 2. The van der Waals surface area contributed by atoms with E-state index in [0.717, 1.165) is 33.0 Å². The molecule has 0 fully saturated rings. The maximum absolute atomic E-state index is 13.1. The average molecular weight is 641 g/mol. The first-order valence-corrected chi connectivity index (χ1v) is 14.3. The minimum atomic E-state index is -0.403. The van der Waals surface area contributed by atoms with E-state index < -0.39 is 5.91 Å². The summed E-state index contributed by atoms with van der Waals surface area (Å²) in [4.78, 5) is 29.3. The number of halogens is 2. The van der Waals surface area contributed by atoms with Crippen LogP contribution in [0.3, 0.4) is 0 Å². The highest BCUT2D eigenvalue weighted by Gasteiger charge is 2.23. The van der Waals surface area contributed by atoms with E-state index >= 15 is 0 Å². The molecule has 0 saturated carbocycles. The molecule has 0 aliphatic rings. The molecule has 0 bridgehead atoms. The number of furan rings is 1. The molecule has 41 heavy (non-hydrogen) atoms. The van der Waals surface area contributed by atoms with E-state index in [1.807, 2.05) is 54.0 Å². The van der Waals surface area contributed by atoms with Crippen LogP contribution in [0.5, 0.6) is 0 Å². The molecule has 0 spiro atoms. The molecule has 2 N–H and O–H groups in total. The van der Waals surface area contributed by atoms with Gasteiger partial charge >= 0.3 is 5.97 Å².